The third-order valence-corrected chi connectivity index (χ3v) is 4.86. The van der Waals surface area contributed by atoms with E-state index in [1.54, 1.807) is 0 Å². The molecule has 2 atom stereocenters. The number of hydrogen-bond acceptors (Lipinski definition) is 2. The van der Waals surface area contributed by atoms with E-state index in [9.17, 15) is 0 Å². The van der Waals surface area contributed by atoms with Gasteiger partial charge in [-0.2, -0.15) is 0 Å². The van der Waals surface area contributed by atoms with Gasteiger partial charge in [0.15, 0.2) is 0 Å². The van der Waals surface area contributed by atoms with Crippen molar-refractivity contribution in [3.63, 3.8) is 0 Å². The number of halogens is 1. The predicted octanol–water partition coefficient (Wildman–Crippen LogP) is 4.03. The van der Waals surface area contributed by atoms with Gasteiger partial charge in [-0.05, 0) is 69.6 Å². The third-order valence-electron chi connectivity index (χ3n) is 4.45. The van der Waals surface area contributed by atoms with Crippen LogP contribution >= 0.6 is 11.6 Å². The lowest BCUT2D eigenvalue weighted by Gasteiger charge is -2.33. The van der Waals surface area contributed by atoms with Gasteiger partial charge in [-0.1, -0.05) is 37.1 Å². The van der Waals surface area contributed by atoms with Gasteiger partial charge in [0.05, 0.1) is 0 Å². The average Bonchev–Trinajstić information content (AvgIpc) is 2.61. The normalized spacial score (nSPS) is 24.6. The zero-order valence-corrected chi connectivity index (χ0v) is 13.7. The fraction of sp³-hybridized carbons (Fsp3) is 0.647. The summed E-state index contributed by atoms with van der Waals surface area (Å²) in [5, 5.41) is 4.42. The first-order valence-electron chi connectivity index (χ1n) is 7.80. The molecule has 3 heteroatoms. The molecule has 1 heterocycles. The van der Waals surface area contributed by atoms with E-state index in [4.69, 9.17) is 11.6 Å². The summed E-state index contributed by atoms with van der Waals surface area (Å²) in [4.78, 5) is 2.51. The van der Waals surface area contributed by atoms with Gasteiger partial charge in [-0.25, -0.2) is 0 Å². The summed E-state index contributed by atoms with van der Waals surface area (Å²) in [5.74, 6) is 0.668. The molecular weight excluding hydrogens is 268 g/mol. The van der Waals surface area contributed by atoms with Gasteiger partial charge in [0.25, 0.3) is 0 Å². The van der Waals surface area contributed by atoms with Crippen molar-refractivity contribution in [1.29, 1.82) is 0 Å². The quantitative estimate of drug-likeness (QED) is 0.902. The molecular formula is C17H27ClN2. The molecule has 1 fully saturated rings. The first kappa shape index (κ1) is 15.8. The molecule has 0 spiro atoms. The Hall–Kier alpha value is -0.570. The molecule has 1 aliphatic heterocycles. The molecule has 0 radical (unpaired) electrons. The highest BCUT2D eigenvalue weighted by Gasteiger charge is 2.28. The van der Waals surface area contributed by atoms with E-state index in [1.807, 2.05) is 0 Å². The summed E-state index contributed by atoms with van der Waals surface area (Å²) in [6.45, 7) is 7.56. The fourth-order valence-corrected chi connectivity index (χ4v) is 3.48. The number of hydrogen-bond donors (Lipinski definition) is 1. The monoisotopic (exact) mass is 294 g/mol. The van der Waals surface area contributed by atoms with Crippen molar-refractivity contribution in [2.45, 2.75) is 39.2 Å². The number of nitrogens with one attached hydrogen (secondary N) is 1. The lowest BCUT2D eigenvalue weighted by molar-refractivity contribution is 0.189. The maximum Gasteiger partial charge on any atom is 0.0438 e. The highest BCUT2D eigenvalue weighted by Crippen LogP contribution is 2.35. The lowest BCUT2D eigenvalue weighted by Crippen LogP contribution is -2.34. The lowest BCUT2D eigenvalue weighted by atomic mass is 9.89. The Balaban J connectivity index is 2.26. The number of likely N-dealkylation sites (tertiary alicyclic amines) is 1. The summed E-state index contributed by atoms with van der Waals surface area (Å²) in [6.07, 6.45) is 3.93. The molecule has 2 nitrogen and oxygen atoms in total. The van der Waals surface area contributed by atoms with Crippen molar-refractivity contribution >= 4 is 11.6 Å². The minimum Gasteiger partial charge on any atom is -0.317 e. The number of benzene rings is 1. The molecule has 20 heavy (non-hydrogen) atoms. The Kier molecular flexibility index (Phi) is 5.88. The summed E-state index contributed by atoms with van der Waals surface area (Å²) in [7, 11) is 2.25. The molecule has 1 saturated heterocycles. The topological polar surface area (TPSA) is 15.3 Å². The first-order chi connectivity index (χ1) is 9.63. The van der Waals surface area contributed by atoms with Crippen LogP contribution in [0.4, 0.5) is 0 Å². The van der Waals surface area contributed by atoms with Crippen LogP contribution in [0.1, 0.15) is 43.4 Å². The van der Waals surface area contributed by atoms with Gasteiger partial charge in [-0.15, -0.1) is 0 Å². The van der Waals surface area contributed by atoms with Crippen LogP contribution in [0.15, 0.2) is 18.2 Å². The SMILES string of the molecule is CCNCC1CCCCN(C)C1c1ccc(C)c(Cl)c1. The zero-order valence-electron chi connectivity index (χ0n) is 13.0. The third kappa shape index (κ3) is 3.75. The standard InChI is InChI=1S/C17H27ClN2/c1-4-19-12-15-7-5-6-10-20(3)17(15)14-9-8-13(2)16(18)11-14/h8-9,11,15,17,19H,4-7,10,12H2,1-3H3. The van der Waals surface area contributed by atoms with Crippen LogP contribution < -0.4 is 5.32 Å². The summed E-state index contributed by atoms with van der Waals surface area (Å²) >= 11 is 6.34. The summed E-state index contributed by atoms with van der Waals surface area (Å²) in [5.41, 5.74) is 2.53. The number of nitrogens with zero attached hydrogens (tertiary/aromatic N) is 1. The second-order valence-electron chi connectivity index (χ2n) is 6.00. The van der Waals surface area contributed by atoms with Crippen molar-refractivity contribution in [2.24, 2.45) is 5.92 Å². The van der Waals surface area contributed by atoms with Crippen LogP contribution in [0.3, 0.4) is 0 Å². The Bertz CT molecular complexity index is 433. The smallest absolute Gasteiger partial charge is 0.0438 e. The molecule has 1 aromatic rings. The van der Waals surface area contributed by atoms with Crippen molar-refractivity contribution in [3.05, 3.63) is 34.3 Å². The molecule has 2 unspecified atom stereocenters. The van der Waals surface area contributed by atoms with Gasteiger partial charge in [0.2, 0.25) is 0 Å². The highest BCUT2D eigenvalue weighted by molar-refractivity contribution is 6.31. The van der Waals surface area contributed by atoms with E-state index in [1.165, 1.54) is 31.4 Å². The predicted molar refractivity (Wildman–Crippen MR) is 87.4 cm³/mol. The first-order valence-corrected chi connectivity index (χ1v) is 8.18. The Morgan fingerprint density at radius 2 is 2.15 bits per heavy atom. The van der Waals surface area contributed by atoms with E-state index in [0.717, 1.165) is 23.7 Å². The second kappa shape index (κ2) is 7.44. The molecule has 0 amide bonds. The van der Waals surface area contributed by atoms with Gasteiger partial charge >= 0.3 is 0 Å². The fourth-order valence-electron chi connectivity index (χ4n) is 3.29. The van der Waals surface area contributed by atoms with Crippen LogP contribution in [0.25, 0.3) is 0 Å². The van der Waals surface area contributed by atoms with Crippen molar-refractivity contribution in [3.8, 4) is 0 Å². The zero-order chi connectivity index (χ0) is 14.5. The van der Waals surface area contributed by atoms with E-state index in [-0.39, 0.29) is 0 Å². The van der Waals surface area contributed by atoms with Crippen LogP contribution in [0.5, 0.6) is 0 Å². The second-order valence-corrected chi connectivity index (χ2v) is 6.40. The van der Waals surface area contributed by atoms with Crippen LogP contribution in [-0.2, 0) is 0 Å². The Morgan fingerprint density at radius 1 is 1.35 bits per heavy atom. The van der Waals surface area contributed by atoms with E-state index in [2.05, 4.69) is 49.3 Å². The number of rotatable bonds is 4. The molecule has 1 aliphatic rings. The molecule has 0 saturated carbocycles. The minimum atomic E-state index is 0.481. The summed E-state index contributed by atoms with van der Waals surface area (Å²) in [6, 6.07) is 7.06. The minimum absolute atomic E-state index is 0.481. The molecule has 0 aliphatic carbocycles. The Morgan fingerprint density at radius 3 is 2.85 bits per heavy atom. The van der Waals surface area contributed by atoms with E-state index >= 15 is 0 Å². The molecule has 1 N–H and O–H groups in total. The average molecular weight is 295 g/mol. The maximum absolute atomic E-state index is 6.34. The van der Waals surface area contributed by atoms with Gasteiger partial charge in [-0.3, -0.25) is 4.90 Å². The van der Waals surface area contributed by atoms with Crippen molar-refractivity contribution < 1.29 is 0 Å². The highest BCUT2D eigenvalue weighted by atomic mass is 35.5. The molecule has 0 bridgehead atoms. The van der Waals surface area contributed by atoms with E-state index < -0.39 is 0 Å². The molecule has 112 valence electrons. The van der Waals surface area contributed by atoms with Crippen molar-refractivity contribution in [1.82, 2.24) is 10.2 Å². The van der Waals surface area contributed by atoms with Crippen LogP contribution in [0, 0.1) is 12.8 Å². The van der Waals surface area contributed by atoms with Gasteiger partial charge in [0, 0.05) is 11.1 Å². The molecule has 2 rings (SSSR count). The molecule has 0 aromatic heterocycles. The van der Waals surface area contributed by atoms with Gasteiger partial charge in [0.1, 0.15) is 0 Å². The van der Waals surface area contributed by atoms with Gasteiger partial charge < -0.3 is 5.32 Å². The van der Waals surface area contributed by atoms with Crippen LogP contribution in [-0.4, -0.2) is 31.6 Å². The summed E-state index contributed by atoms with van der Waals surface area (Å²) < 4.78 is 0. The van der Waals surface area contributed by atoms with E-state index in [0.29, 0.717) is 12.0 Å². The molecule has 1 aromatic carbocycles. The largest absolute Gasteiger partial charge is 0.317 e. The Labute approximate surface area is 128 Å². The van der Waals surface area contributed by atoms with Crippen molar-refractivity contribution in [2.75, 3.05) is 26.7 Å². The number of aryl methyl sites for hydroxylation is 1. The van der Waals surface area contributed by atoms with Crippen LogP contribution in [0.2, 0.25) is 5.02 Å². The maximum atomic E-state index is 6.34.